The van der Waals surface area contributed by atoms with Gasteiger partial charge in [-0.2, -0.15) is 0 Å². The van der Waals surface area contributed by atoms with Crippen molar-refractivity contribution >= 4 is 23.6 Å². The van der Waals surface area contributed by atoms with E-state index in [-0.39, 0.29) is 17.4 Å². The first-order valence-corrected chi connectivity index (χ1v) is 8.51. The third-order valence-electron chi connectivity index (χ3n) is 3.83. The van der Waals surface area contributed by atoms with Crippen LogP contribution in [0.4, 0.5) is 0 Å². The number of piperidine rings is 1. The lowest BCUT2D eigenvalue weighted by molar-refractivity contribution is -0.133. The predicted molar refractivity (Wildman–Crippen MR) is 82.1 cm³/mol. The van der Waals surface area contributed by atoms with Gasteiger partial charge in [-0.15, -0.1) is 11.8 Å². The minimum absolute atomic E-state index is 0.00413. The van der Waals surface area contributed by atoms with Crippen molar-refractivity contribution in [3.05, 3.63) is 0 Å². The molecule has 0 aliphatic carbocycles. The average Bonchev–Trinajstić information content (AvgIpc) is 2.44. The molecular weight excluding hydrogens is 276 g/mol. The number of carboxylic acids is 1. The highest BCUT2D eigenvalue weighted by atomic mass is 32.2. The Morgan fingerprint density at radius 2 is 1.80 bits per heavy atom. The van der Waals surface area contributed by atoms with Gasteiger partial charge in [-0.25, -0.2) is 0 Å². The SMILES string of the molecule is CCN(CC)CC1CCN(C(=O)CSCC(=O)O)CC1. The molecule has 1 fully saturated rings. The van der Waals surface area contributed by atoms with Gasteiger partial charge in [0.1, 0.15) is 0 Å². The Morgan fingerprint density at radius 3 is 2.30 bits per heavy atom. The predicted octanol–water partition coefficient (Wildman–Crippen LogP) is 1.38. The maximum atomic E-state index is 11.9. The molecule has 0 radical (unpaired) electrons. The van der Waals surface area contributed by atoms with Crippen LogP contribution in [0.5, 0.6) is 0 Å². The molecule has 20 heavy (non-hydrogen) atoms. The van der Waals surface area contributed by atoms with Crippen LogP contribution in [0.25, 0.3) is 0 Å². The number of carboxylic acid groups (broad SMARTS) is 1. The summed E-state index contributed by atoms with van der Waals surface area (Å²) in [4.78, 5) is 26.6. The molecule has 116 valence electrons. The zero-order valence-corrected chi connectivity index (χ0v) is 13.3. The molecule has 0 unspecified atom stereocenters. The number of amides is 1. The van der Waals surface area contributed by atoms with E-state index in [1.54, 1.807) is 0 Å². The van der Waals surface area contributed by atoms with E-state index in [1.807, 2.05) is 4.90 Å². The summed E-state index contributed by atoms with van der Waals surface area (Å²) in [5.74, 6) is 0.195. The summed E-state index contributed by atoms with van der Waals surface area (Å²) in [5.41, 5.74) is 0. The molecule has 1 rings (SSSR count). The zero-order valence-electron chi connectivity index (χ0n) is 12.5. The molecule has 0 aromatic rings. The number of nitrogens with zero attached hydrogens (tertiary/aromatic N) is 2. The summed E-state index contributed by atoms with van der Waals surface area (Å²) >= 11 is 1.18. The van der Waals surface area contributed by atoms with Crippen molar-refractivity contribution in [2.24, 2.45) is 5.92 Å². The van der Waals surface area contributed by atoms with Gasteiger partial charge in [0.15, 0.2) is 0 Å². The van der Waals surface area contributed by atoms with Crippen molar-refractivity contribution in [1.82, 2.24) is 9.80 Å². The van der Waals surface area contributed by atoms with Crippen LogP contribution in [0, 0.1) is 5.92 Å². The lowest BCUT2D eigenvalue weighted by atomic mass is 9.96. The second-order valence-corrected chi connectivity index (χ2v) is 6.18. The molecule has 0 saturated carbocycles. The van der Waals surface area contributed by atoms with Crippen molar-refractivity contribution in [2.75, 3.05) is 44.2 Å². The summed E-state index contributed by atoms with van der Waals surface area (Å²) in [6.45, 7) is 9.30. The average molecular weight is 302 g/mol. The van der Waals surface area contributed by atoms with Crippen LogP contribution in [0.1, 0.15) is 26.7 Å². The minimum Gasteiger partial charge on any atom is -0.481 e. The van der Waals surface area contributed by atoms with E-state index >= 15 is 0 Å². The molecule has 6 heteroatoms. The van der Waals surface area contributed by atoms with Gasteiger partial charge >= 0.3 is 5.97 Å². The van der Waals surface area contributed by atoms with Crippen LogP contribution in [0.2, 0.25) is 0 Å². The van der Waals surface area contributed by atoms with Gasteiger partial charge in [-0.1, -0.05) is 13.8 Å². The Balaban J connectivity index is 2.24. The number of thioether (sulfide) groups is 1. The van der Waals surface area contributed by atoms with Gasteiger partial charge in [0, 0.05) is 19.6 Å². The minimum atomic E-state index is -0.860. The molecule has 0 spiro atoms. The first-order valence-electron chi connectivity index (χ1n) is 7.36. The lowest BCUT2D eigenvalue weighted by Gasteiger charge is -2.34. The van der Waals surface area contributed by atoms with Gasteiger partial charge in [-0.05, 0) is 31.8 Å². The molecule has 1 N–H and O–H groups in total. The van der Waals surface area contributed by atoms with Crippen molar-refractivity contribution in [1.29, 1.82) is 0 Å². The van der Waals surface area contributed by atoms with E-state index in [4.69, 9.17) is 5.11 Å². The third kappa shape index (κ3) is 6.13. The summed E-state index contributed by atoms with van der Waals surface area (Å²) < 4.78 is 0. The molecule has 0 aromatic carbocycles. The molecule has 1 aliphatic rings. The molecule has 1 saturated heterocycles. The fourth-order valence-electron chi connectivity index (χ4n) is 2.53. The van der Waals surface area contributed by atoms with Gasteiger partial charge in [-0.3, -0.25) is 9.59 Å². The number of hydrogen-bond donors (Lipinski definition) is 1. The Labute approximate surface area is 125 Å². The maximum absolute atomic E-state index is 11.9. The largest absolute Gasteiger partial charge is 0.481 e. The van der Waals surface area contributed by atoms with Crippen LogP contribution in [-0.4, -0.2) is 71.0 Å². The lowest BCUT2D eigenvalue weighted by Crippen LogP contribution is -2.42. The second kappa shape index (κ2) is 9.23. The maximum Gasteiger partial charge on any atom is 0.313 e. The normalized spacial score (nSPS) is 16.6. The first-order chi connectivity index (χ1) is 9.56. The van der Waals surface area contributed by atoms with Crippen LogP contribution in [-0.2, 0) is 9.59 Å². The fraction of sp³-hybridized carbons (Fsp3) is 0.857. The van der Waals surface area contributed by atoms with E-state index < -0.39 is 5.97 Å². The quantitative estimate of drug-likeness (QED) is 0.734. The molecule has 1 amide bonds. The van der Waals surface area contributed by atoms with Crippen LogP contribution in [0.3, 0.4) is 0 Å². The number of aliphatic carboxylic acids is 1. The van der Waals surface area contributed by atoms with E-state index in [0.717, 1.165) is 45.6 Å². The number of likely N-dealkylation sites (tertiary alicyclic amines) is 1. The first kappa shape index (κ1) is 17.3. The molecule has 1 aliphatic heterocycles. The monoisotopic (exact) mass is 302 g/mol. The van der Waals surface area contributed by atoms with Crippen molar-refractivity contribution in [3.8, 4) is 0 Å². The number of carbonyl (C=O) groups is 2. The highest BCUT2D eigenvalue weighted by Gasteiger charge is 2.23. The Hall–Kier alpha value is -0.750. The Bertz CT molecular complexity index is 314. The molecule has 0 aromatic heterocycles. The van der Waals surface area contributed by atoms with Gasteiger partial charge < -0.3 is 14.9 Å². The standard InChI is InChI=1S/C14H26N2O3S/c1-3-15(4-2)9-12-5-7-16(8-6-12)13(17)10-20-11-14(18)19/h12H,3-11H2,1-2H3,(H,18,19). The number of carbonyl (C=O) groups excluding carboxylic acids is 1. The summed E-state index contributed by atoms with van der Waals surface area (Å²) in [7, 11) is 0. The van der Waals surface area contributed by atoms with E-state index in [1.165, 1.54) is 11.8 Å². The molecule has 5 nitrogen and oxygen atoms in total. The Morgan fingerprint density at radius 1 is 1.20 bits per heavy atom. The van der Waals surface area contributed by atoms with Gasteiger partial charge in [0.25, 0.3) is 0 Å². The molecule has 0 atom stereocenters. The Kier molecular flexibility index (Phi) is 7.99. The third-order valence-corrected chi connectivity index (χ3v) is 4.73. The van der Waals surface area contributed by atoms with Gasteiger partial charge in [0.2, 0.25) is 5.91 Å². The van der Waals surface area contributed by atoms with Crippen molar-refractivity contribution in [2.45, 2.75) is 26.7 Å². The van der Waals surface area contributed by atoms with Crippen molar-refractivity contribution in [3.63, 3.8) is 0 Å². The van der Waals surface area contributed by atoms with Gasteiger partial charge in [0.05, 0.1) is 11.5 Å². The fourth-order valence-corrected chi connectivity index (χ4v) is 3.16. The second-order valence-electron chi connectivity index (χ2n) is 5.20. The summed E-state index contributed by atoms with van der Waals surface area (Å²) in [5, 5.41) is 8.55. The number of hydrogen-bond acceptors (Lipinski definition) is 4. The van der Waals surface area contributed by atoms with E-state index in [2.05, 4.69) is 18.7 Å². The number of rotatable bonds is 8. The van der Waals surface area contributed by atoms with Crippen LogP contribution < -0.4 is 0 Å². The smallest absolute Gasteiger partial charge is 0.313 e. The zero-order chi connectivity index (χ0) is 15.0. The topological polar surface area (TPSA) is 60.9 Å². The van der Waals surface area contributed by atoms with Crippen molar-refractivity contribution < 1.29 is 14.7 Å². The van der Waals surface area contributed by atoms with E-state index in [9.17, 15) is 9.59 Å². The van der Waals surface area contributed by atoms with Crippen LogP contribution in [0.15, 0.2) is 0 Å². The molecular formula is C14H26N2O3S. The molecule has 0 bridgehead atoms. The molecule has 1 heterocycles. The van der Waals surface area contributed by atoms with E-state index in [0.29, 0.717) is 5.92 Å². The highest BCUT2D eigenvalue weighted by molar-refractivity contribution is 8.00. The summed E-state index contributed by atoms with van der Waals surface area (Å²) in [6, 6.07) is 0. The highest BCUT2D eigenvalue weighted by Crippen LogP contribution is 2.19. The summed E-state index contributed by atoms with van der Waals surface area (Å²) in [6.07, 6.45) is 2.12. The van der Waals surface area contributed by atoms with Crippen LogP contribution >= 0.6 is 11.8 Å².